The van der Waals surface area contributed by atoms with Crippen LogP contribution in [0.25, 0.3) is 10.9 Å². The molecule has 1 aromatic carbocycles. The van der Waals surface area contributed by atoms with Crippen molar-refractivity contribution in [1.82, 2.24) is 8.96 Å². The molecule has 1 N–H and O–H groups in total. The number of carbonyl (C=O) groups excluding carboxylic acids is 2. The van der Waals surface area contributed by atoms with Gasteiger partial charge in [-0.05, 0) is 31.5 Å². The molecule has 30 heavy (non-hydrogen) atoms. The number of allylic oxidation sites excluding steroid dienone is 3. The van der Waals surface area contributed by atoms with Crippen molar-refractivity contribution in [3.05, 3.63) is 84.9 Å². The first-order chi connectivity index (χ1) is 14.3. The minimum Gasteiger partial charge on any atom is -0.318 e. The van der Waals surface area contributed by atoms with E-state index in [2.05, 4.69) is 10.3 Å². The van der Waals surface area contributed by atoms with Gasteiger partial charge in [-0.3, -0.25) is 14.6 Å². The molecular weight excluding hydrogens is 402 g/mol. The lowest BCUT2D eigenvalue weighted by Crippen LogP contribution is -2.37. The number of fused-ring (bicyclic) bond motifs is 1. The predicted molar refractivity (Wildman–Crippen MR) is 115 cm³/mol. The molecule has 0 fully saturated rings. The second-order valence-electron chi connectivity index (χ2n) is 7.19. The fraction of sp³-hybridized carbons (Fsp3) is 0.136. The molecule has 0 saturated heterocycles. The zero-order valence-electron chi connectivity index (χ0n) is 16.1. The number of para-hydroxylation sites is 1. The summed E-state index contributed by atoms with van der Waals surface area (Å²) in [6.45, 7) is 1.63. The van der Waals surface area contributed by atoms with Gasteiger partial charge in [0, 0.05) is 17.8 Å². The van der Waals surface area contributed by atoms with Gasteiger partial charge in [0.15, 0.2) is 0 Å². The van der Waals surface area contributed by atoms with Gasteiger partial charge in [-0.15, -0.1) is 0 Å². The molecule has 1 aliphatic carbocycles. The zero-order valence-corrected chi connectivity index (χ0v) is 17.0. The van der Waals surface area contributed by atoms with Crippen molar-refractivity contribution < 1.29 is 18.0 Å². The van der Waals surface area contributed by atoms with E-state index in [-0.39, 0.29) is 5.56 Å². The summed E-state index contributed by atoms with van der Waals surface area (Å²) in [4.78, 5) is 29.3. The maximum atomic E-state index is 13.5. The van der Waals surface area contributed by atoms with Gasteiger partial charge in [0.05, 0.1) is 23.0 Å². The van der Waals surface area contributed by atoms with E-state index >= 15 is 0 Å². The number of hydrogen-bond donors (Lipinski definition) is 1. The minimum atomic E-state index is -3.90. The number of amides is 1. The Hall–Kier alpha value is -3.52. The quantitative estimate of drug-likeness (QED) is 0.503. The summed E-state index contributed by atoms with van der Waals surface area (Å²) in [5.74, 6) is -1.69. The second kappa shape index (κ2) is 7.38. The number of hydrogen-bond acceptors (Lipinski definition) is 5. The second-order valence-corrected chi connectivity index (χ2v) is 9.47. The van der Waals surface area contributed by atoms with Crippen LogP contribution in [0.3, 0.4) is 0 Å². The molecule has 1 aliphatic rings. The maximum Gasteiger partial charge on any atom is 0.296 e. The molecule has 2 aromatic heterocycles. The van der Waals surface area contributed by atoms with Crippen LogP contribution in [-0.2, 0) is 14.8 Å². The van der Waals surface area contributed by atoms with Gasteiger partial charge in [-0.1, -0.05) is 42.5 Å². The number of benzene rings is 1. The number of carbonyl (C=O) groups is 2. The number of rotatable bonds is 5. The van der Waals surface area contributed by atoms with Crippen molar-refractivity contribution in [2.45, 2.75) is 18.1 Å². The van der Waals surface area contributed by atoms with E-state index in [4.69, 9.17) is 0 Å². The summed E-state index contributed by atoms with van der Waals surface area (Å²) in [5, 5.41) is 2.89. The molecule has 1 atom stereocenters. The number of pyridine rings is 1. The smallest absolute Gasteiger partial charge is 0.296 e. The lowest BCUT2D eigenvalue weighted by molar-refractivity contribution is -0.112. The van der Waals surface area contributed by atoms with E-state index in [0.717, 1.165) is 3.97 Å². The number of anilines is 1. The summed E-state index contributed by atoms with van der Waals surface area (Å²) in [7, 11) is -3.90. The monoisotopic (exact) mass is 421 g/mol. The summed E-state index contributed by atoms with van der Waals surface area (Å²) in [6.07, 6.45) is 11.4. The van der Waals surface area contributed by atoms with Gasteiger partial charge in [-0.25, -0.2) is 12.4 Å². The van der Waals surface area contributed by atoms with Gasteiger partial charge < -0.3 is 5.32 Å². The van der Waals surface area contributed by atoms with Crippen LogP contribution in [0.4, 0.5) is 5.69 Å². The third-order valence-corrected chi connectivity index (χ3v) is 7.42. The lowest BCUT2D eigenvalue weighted by Gasteiger charge is -2.27. The van der Waals surface area contributed by atoms with Gasteiger partial charge in [0.25, 0.3) is 11.7 Å². The van der Waals surface area contributed by atoms with E-state index in [9.17, 15) is 18.0 Å². The fourth-order valence-electron chi connectivity index (χ4n) is 3.40. The number of nitrogens with one attached hydrogen (secondary N) is 1. The molecule has 1 unspecified atom stereocenters. The van der Waals surface area contributed by atoms with E-state index < -0.39 is 26.5 Å². The first-order valence-electron chi connectivity index (χ1n) is 9.29. The fourth-order valence-corrected chi connectivity index (χ4v) is 5.07. The van der Waals surface area contributed by atoms with Crippen LogP contribution in [0.15, 0.2) is 79.3 Å². The van der Waals surface area contributed by atoms with Crippen molar-refractivity contribution in [3.63, 3.8) is 0 Å². The van der Waals surface area contributed by atoms with Gasteiger partial charge in [-0.2, -0.15) is 0 Å². The highest BCUT2D eigenvalue weighted by Crippen LogP contribution is 2.33. The maximum absolute atomic E-state index is 13.5. The van der Waals surface area contributed by atoms with Crippen LogP contribution in [0, 0.1) is 0 Å². The first-order valence-corrected chi connectivity index (χ1v) is 10.7. The molecule has 0 saturated carbocycles. The van der Waals surface area contributed by atoms with Crippen molar-refractivity contribution >= 4 is 38.3 Å². The average molecular weight is 421 g/mol. The van der Waals surface area contributed by atoms with Gasteiger partial charge in [0.1, 0.15) is 4.75 Å². The molecule has 8 heteroatoms. The van der Waals surface area contributed by atoms with Crippen molar-refractivity contribution in [3.8, 4) is 0 Å². The lowest BCUT2D eigenvalue weighted by atomic mass is 10.0. The highest BCUT2D eigenvalue weighted by atomic mass is 32.2. The van der Waals surface area contributed by atoms with Crippen molar-refractivity contribution in [2.75, 3.05) is 5.32 Å². The Bertz CT molecular complexity index is 1310. The van der Waals surface area contributed by atoms with Crippen molar-refractivity contribution in [2.24, 2.45) is 0 Å². The van der Waals surface area contributed by atoms with E-state index in [1.165, 1.54) is 12.4 Å². The summed E-state index contributed by atoms with van der Waals surface area (Å²) in [5.41, 5.74) is 0.743. The number of Topliss-reactive ketones (excluding diaryl/α,β-unsaturated/α-hetero) is 1. The molecule has 4 rings (SSSR count). The largest absolute Gasteiger partial charge is 0.318 e. The number of aromatic nitrogens is 2. The number of nitrogens with zero attached hydrogens (tertiary/aromatic N) is 2. The highest BCUT2D eigenvalue weighted by molar-refractivity contribution is 7.91. The Balaban J connectivity index is 1.78. The normalized spacial score (nSPS) is 18.4. The van der Waals surface area contributed by atoms with Gasteiger partial charge in [0.2, 0.25) is 10.0 Å². The molecule has 152 valence electrons. The van der Waals surface area contributed by atoms with Crippen LogP contribution in [-0.4, -0.2) is 33.8 Å². The van der Waals surface area contributed by atoms with Crippen LogP contribution in [0.2, 0.25) is 0 Å². The van der Waals surface area contributed by atoms with Crippen LogP contribution >= 0.6 is 0 Å². The topological polar surface area (TPSA) is 98.1 Å². The molecular formula is C22H19N3O4S. The van der Waals surface area contributed by atoms with Gasteiger partial charge >= 0.3 is 0 Å². The SMILES string of the molecule is CC1(S(=O)(=O)n2cc(C(=O)C(=O)Nc3cccnc3)c3ccccc32)C=CC=CC1. The Morgan fingerprint density at radius 3 is 2.63 bits per heavy atom. The Morgan fingerprint density at radius 1 is 1.13 bits per heavy atom. The Kier molecular flexibility index (Phi) is 4.87. The molecule has 2 heterocycles. The third-order valence-electron chi connectivity index (χ3n) is 5.12. The molecule has 3 aromatic rings. The first kappa shape index (κ1) is 19.8. The number of ketones is 1. The average Bonchev–Trinajstić information content (AvgIpc) is 3.15. The molecule has 7 nitrogen and oxygen atoms in total. The Labute approximate surface area is 173 Å². The molecule has 0 spiro atoms. The van der Waals surface area contributed by atoms with Crippen LogP contribution in [0.1, 0.15) is 23.7 Å². The van der Waals surface area contributed by atoms with Crippen molar-refractivity contribution in [1.29, 1.82) is 0 Å². The summed E-state index contributed by atoms with van der Waals surface area (Å²) < 4.78 is 26.9. The summed E-state index contributed by atoms with van der Waals surface area (Å²) >= 11 is 0. The molecule has 0 radical (unpaired) electrons. The third kappa shape index (κ3) is 3.25. The minimum absolute atomic E-state index is 0.0227. The predicted octanol–water partition coefficient (Wildman–Crippen LogP) is 3.31. The van der Waals surface area contributed by atoms with E-state index in [0.29, 0.717) is 23.0 Å². The Morgan fingerprint density at radius 2 is 1.93 bits per heavy atom. The zero-order chi connectivity index (χ0) is 21.4. The highest BCUT2D eigenvalue weighted by Gasteiger charge is 2.39. The molecule has 0 bridgehead atoms. The van der Waals surface area contributed by atoms with Crippen LogP contribution < -0.4 is 5.32 Å². The molecule has 1 amide bonds. The summed E-state index contributed by atoms with van der Waals surface area (Å²) in [6, 6.07) is 9.87. The standard InChI is InChI=1S/C22H19N3O4S/c1-22(11-5-2-6-12-22)30(28,29)25-15-18(17-9-3-4-10-19(17)25)20(26)21(27)24-16-8-7-13-23-14-16/h2-11,13-15H,12H2,1H3,(H,24,27). The molecule has 0 aliphatic heterocycles. The van der Waals surface area contributed by atoms with E-state index in [1.54, 1.807) is 73.8 Å². The van der Waals surface area contributed by atoms with Crippen LogP contribution in [0.5, 0.6) is 0 Å². The van der Waals surface area contributed by atoms with E-state index in [1.807, 2.05) is 0 Å².